The topological polar surface area (TPSA) is 0 Å². The summed E-state index contributed by atoms with van der Waals surface area (Å²) in [6, 6.07) is 0. The lowest BCUT2D eigenvalue weighted by atomic mass is 9.95. The van der Waals surface area contributed by atoms with Gasteiger partial charge in [0.25, 0.3) is 0 Å². The average molecular weight is 141 g/mol. The van der Waals surface area contributed by atoms with Crippen molar-refractivity contribution >= 4 is 0 Å². The Kier molecular flexibility index (Phi) is 7.11. The molecule has 0 amide bonds. The fraction of sp³-hybridized carbons (Fsp3) is 0.900. The van der Waals surface area contributed by atoms with Gasteiger partial charge in [-0.1, -0.05) is 52.9 Å². The molecule has 0 aromatic heterocycles. The van der Waals surface area contributed by atoms with Crippen LogP contribution < -0.4 is 0 Å². The van der Waals surface area contributed by atoms with Gasteiger partial charge in [0.15, 0.2) is 0 Å². The molecule has 0 aliphatic carbocycles. The third-order valence-corrected chi connectivity index (χ3v) is 2.14. The SMILES string of the molecule is C[CH]CCC(CC)CCC. The minimum Gasteiger partial charge on any atom is -0.0654 e. The maximum atomic E-state index is 2.30. The molecular formula is C10H21. The highest BCUT2D eigenvalue weighted by Crippen LogP contribution is 2.17. The molecule has 0 saturated heterocycles. The summed E-state index contributed by atoms with van der Waals surface area (Å²) in [6.07, 6.45) is 9.12. The van der Waals surface area contributed by atoms with Crippen molar-refractivity contribution in [2.75, 3.05) is 0 Å². The van der Waals surface area contributed by atoms with E-state index in [1.54, 1.807) is 0 Å². The molecule has 0 aliphatic heterocycles. The summed E-state index contributed by atoms with van der Waals surface area (Å²) in [4.78, 5) is 0. The van der Waals surface area contributed by atoms with Gasteiger partial charge in [0, 0.05) is 0 Å². The Hall–Kier alpha value is 0. The van der Waals surface area contributed by atoms with Gasteiger partial charge in [-0.25, -0.2) is 0 Å². The van der Waals surface area contributed by atoms with Gasteiger partial charge in [-0.2, -0.15) is 0 Å². The van der Waals surface area contributed by atoms with E-state index in [0.717, 1.165) is 5.92 Å². The third-order valence-electron chi connectivity index (χ3n) is 2.14. The lowest BCUT2D eigenvalue weighted by molar-refractivity contribution is 0.431. The molecule has 0 heterocycles. The molecule has 1 atom stereocenters. The molecule has 0 spiro atoms. The molecular weight excluding hydrogens is 120 g/mol. The largest absolute Gasteiger partial charge is 0.0654 e. The first-order valence-electron chi connectivity index (χ1n) is 4.62. The molecule has 0 heteroatoms. The monoisotopic (exact) mass is 141 g/mol. The lowest BCUT2D eigenvalue weighted by Crippen LogP contribution is -1.97. The molecule has 10 heavy (non-hydrogen) atoms. The van der Waals surface area contributed by atoms with Gasteiger partial charge in [-0.05, 0) is 12.3 Å². The quantitative estimate of drug-likeness (QED) is 0.527. The first-order valence-corrected chi connectivity index (χ1v) is 4.62. The van der Waals surface area contributed by atoms with Gasteiger partial charge in [-0.15, -0.1) is 0 Å². The van der Waals surface area contributed by atoms with E-state index in [1.165, 1.54) is 32.1 Å². The van der Waals surface area contributed by atoms with E-state index < -0.39 is 0 Å². The van der Waals surface area contributed by atoms with Crippen molar-refractivity contribution in [2.24, 2.45) is 5.92 Å². The van der Waals surface area contributed by atoms with Gasteiger partial charge < -0.3 is 0 Å². The van der Waals surface area contributed by atoms with Crippen LogP contribution >= 0.6 is 0 Å². The molecule has 0 saturated carbocycles. The molecule has 0 rings (SSSR count). The van der Waals surface area contributed by atoms with Crippen LogP contribution in [0.2, 0.25) is 0 Å². The molecule has 0 fully saturated rings. The molecule has 0 aliphatic rings. The predicted octanol–water partition coefficient (Wildman–Crippen LogP) is 3.82. The highest BCUT2D eigenvalue weighted by atomic mass is 14.1. The number of rotatable bonds is 6. The average Bonchev–Trinajstić information content (AvgIpc) is 1.98. The van der Waals surface area contributed by atoms with Crippen molar-refractivity contribution < 1.29 is 0 Å². The highest BCUT2D eigenvalue weighted by molar-refractivity contribution is 4.62. The van der Waals surface area contributed by atoms with Crippen LogP contribution in [0.3, 0.4) is 0 Å². The molecule has 0 aromatic rings. The molecule has 1 unspecified atom stereocenters. The van der Waals surface area contributed by atoms with E-state index in [2.05, 4.69) is 27.2 Å². The van der Waals surface area contributed by atoms with Crippen LogP contribution in [-0.4, -0.2) is 0 Å². The highest BCUT2D eigenvalue weighted by Gasteiger charge is 2.02. The summed E-state index contributed by atoms with van der Waals surface area (Å²) in [5, 5.41) is 0. The molecule has 0 N–H and O–H groups in total. The summed E-state index contributed by atoms with van der Waals surface area (Å²) < 4.78 is 0. The summed E-state index contributed by atoms with van der Waals surface area (Å²) in [5.74, 6) is 0.987. The third kappa shape index (κ3) is 4.84. The van der Waals surface area contributed by atoms with Gasteiger partial charge >= 0.3 is 0 Å². The molecule has 0 nitrogen and oxygen atoms in total. The van der Waals surface area contributed by atoms with Crippen LogP contribution in [0, 0.1) is 12.3 Å². The van der Waals surface area contributed by atoms with Crippen LogP contribution in [0.15, 0.2) is 0 Å². The van der Waals surface area contributed by atoms with Gasteiger partial charge in [-0.3, -0.25) is 0 Å². The van der Waals surface area contributed by atoms with Crippen molar-refractivity contribution in [1.82, 2.24) is 0 Å². The normalized spacial score (nSPS) is 13.5. The fourth-order valence-corrected chi connectivity index (χ4v) is 1.36. The zero-order valence-electron chi connectivity index (χ0n) is 7.69. The maximum absolute atomic E-state index is 2.30. The van der Waals surface area contributed by atoms with Gasteiger partial charge in [0.05, 0.1) is 0 Å². The van der Waals surface area contributed by atoms with E-state index in [0.29, 0.717) is 0 Å². The summed E-state index contributed by atoms with van der Waals surface area (Å²) in [7, 11) is 0. The van der Waals surface area contributed by atoms with Crippen LogP contribution in [0.5, 0.6) is 0 Å². The zero-order chi connectivity index (χ0) is 7.82. The second-order valence-electron chi connectivity index (χ2n) is 3.05. The van der Waals surface area contributed by atoms with Crippen molar-refractivity contribution in [1.29, 1.82) is 0 Å². The predicted molar refractivity (Wildman–Crippen MR) is 47.9 cm³/mol. The van der Waals surface area contributed by atoms with Gasteiger partial charge in [0.1, 0.15) is 0 Å². The summed E-state index contributed by atoms with van der Waals surface area (Å²) >= 11 is 0. The second kappa shape index (κ2) is 7.11. The first-order chi connectivity index (χ1) is 4.85. The van der Waals surface area contributed by atoms with E-state index in [4.69, 9.17) is 0 Å². The van der Waals surface area contributed by atoms with E-state index in [-0.39, 0.29) is 0 Å². The van der Waals surface area contributed by atoms with E-state index >= 15 is 0 Å². The lowest BCUT2D eigenvalue weighted by Gasteiger charge is -2.11. The van der Waals surface area contributed by atoms with Crippen LogP contribution in [0.4, 0.5) is 0 Å². The van der Waals surface area contributed by atoms with Crippen LogP contribution in [-0.2, 0) is 0 Å². The maximum Gasteiger partial charge on any atom is -0.0417 e. The minimum absolute atomic E-state index is 0.987. The molecule has 61 valence electrons. The fourth-order valence-electron chi connectivity index (χ4n) is 1.36. The summed E-state index contributed by atoms with van der Waals surface area (Å²) in [6.45, 7) is 6.73. The van der Waals surface area contributed by atoms with Crippen molar-refractivity contribution in [3.8, 4) is 0 Å². The Bertz CT molecular complexity index is 57.1. The van der Waals surface area contributed by atoms with Crippen LogP contribution in [0.25, 0.3) is 0 Å². The van der Waals surface area contributed by atoms with Crippen LogP contribution in [0.1, 0.15) is 52.9 Å². The second-order valence-corrected chi connectivity index (χ2v) is 3.05. The first kappa shape index (κ1) is 10.0. The number of unbranched alkanes of at least 4 members (excludes halogenated alkanes) is 1. The van der Waals surface area contributed by atoms with Crippen molar-refractivity contribution in [3.05, 3.63) is 6.42 Å². The Morgan fingerprint density at radius 3 is 2.30 bits per heavy atom. The van der Waals surface area contributed by atoms with E-state index in [1.807, 2.05) is 0 Å². The van der Waals surface area contributed by atoms with E-state index in [9.17, 15) is 0 Å². The van der Waals surface area contributed by atoms with Crippen molar-refractivity contribution in [2.45, 2.75) is 52.9 Å². The molecule has 0 aromatic carbocycles. The standard InChI is InChI=1S/C10H21/c1-4-7-9-10(6-3)8-5-2/h4,10H,5-9H2,1-3H3. The smallest absolute Gasteiger partial charge is 0.0417 e. The minimum atomic E-state index is 0.987. The molecule has 1 radical (unpaired) electrons. The Balaban J connectivity index is 3.21. The Morgan fingerprint density at radius 1 is 1.20 bits per heavy atom. The number of hydrogen-bond donors (Lipinski definition) is 0. The molecule has 0 bridgehead atoms. The number of hydrogen-bond acceptors (Lipinski definition) is 0. The Labute approximate surface area is 66.0 Å². The van der Waals surface area contributed by atoms with Gasteiger partial charge in [0.2, 0.25) is 0 Å². The summed E-state index contributed by atoms with van der Waals surface area (Å²) in [5.41, 5.74) is 0. The Morgan fingerprint density at radius 2 is 1.90 bits per heavy atom. The van der Waals surface area contributed by atoms with Crippen molar-refractivity contribution in [3.63, 3.8) is 0 Å². The zero-order valence-corrected chi connectivity index (χ0v) is 7.69.